The van der Waals surface area contributed by atoms with E-state index in [1.807, 2.05) is 28.9 Å². The first kappa shape index (κ1) is 16.1. The van der Waals surface area contributed by atoms with Gasteiger partial charge in [-0.1, -0.05) is 42.0 Å². The van der Waals surface area contributed by atoms with Crippen molar-refractivity contribution in [3.63, 3.8) is 0 Å². The molecule has 0 unspecified atom stereocenters. The molecule has 1 amide bonds. The Balaban J connectivity index is 1.75. The molecule has 0 saturated carbocycles. The van der Waals surface area contributed by atoms with Crippen LogP contribution in [0.3, 0.4) is 0 Å². The van der Waals surface area contributed by atoms with E-state index < -0.39 is 0 Å². The van der Waals surface area contributed by atoms with Crippen molar-refractivity contribution in [1.29, 1.82) is 0 Å². The van der Waals surface area contributed by atoms with Gasteiger partial charge in [-0.2, -0.15) is 10.1 Å². The van der Waals surface area contributed by atoms with Crippen LogP contribution in [0.25, 0.3) is 5.70 Å². The van der Waals surface area contributed by atoms with Crippen LogP contribution in [0.5, 0.6) is 0 Å². The van der Waals surface area contributed by atoms with Gasteiger partial charge in [0.2, 0.25) is 11.9 Å². The van der Waals surface area contributed by atoms with Gasteiger partial charge in [0, 0.05) is 18.3 Å². The molecule has 0 saturated heterocycles. The van der Waals surface area contributed by atoms with Gasteiger partial charge in [0.15, 0.2) is 0 Å². The lowest BCUT2D eigenvalue weighted by atomic mass is 10.0. The van der Waals surface area contributed by atoms with Crippen LogP contribution in [-0.4, -0.2) is 20.7 Å². The number of nitrogens with zero attached hydrogens (tertiary/aromatic N) is 3. The minimum atomic E-state index is -0.0926. The van der Waals surface area contributed by atoms with Gasteiger partial charge in [0.25, 0.3) is 0 Å². The molecular weight excluding hydrogens is 326 g/mol. The fourth-order valence-electron chi connectivity index (χ4n) is 3.07. The predicted molar refractivity (Wildman–Crippen MR) is 102 cm³/mol. The fourth-order valence-corrected chi connectivity index (χ4v) is 3.07. The number of rotatable bonds is 3. The number of anilines is 2. The zero-order valence-corrected chi connectivity index (χ0v) is 14.6. The molecule has 2 N–H and O–H groups in total. The number of amides is 1. The van der Waals surface area contributed by atoms with Crippen molar-refractivity contribution in [2.45, 2.75) is 19.9 Å². The lowest BCUT2D eigenvalue weighted by Gasteiger charge is -2.24. The summed E-state index contributed by atoms with van der Waals surface area (Å²) < 4.78 is 1.87. The Morgan fingerprint density at radius 3 is 2.77 bits per heavy atom. The molecule has 0 radical (unpaired) electrons. The number of allylic oxidation sites excluding steroid dienone is 1. The van der Waals surface area contributed by atoms with Crippen LogP contribution in [0, 0.1) is 6.92 Å². The number of benzene rings is 2. The highest BCUT2D eigenvalue weighted by Crippen LogP contribution is 2.32. The summed E-state index contributed by atoms with van der Waals surface area (Å²) >= 11 is 0. The van der Waals surface area contributed by atoms with E-state index in [2.05, 4.69) is 58.0 Å². The van der Waals surface area contributed by atoms with Crippen LogP contribution >= 0.6 is 0 Å². The summed E-state index contributed by atoms with van der Waals surface area (Å²) in [5, 5.41) is 10.5. The molecular formula is C20H19N5O. The van der Waals surface area contributed by atoms with Crippen LogP contribution in [0.1, 0.15) is 29.7 Å². The van der Waals surface area contributed by atoms with Crippen molar-refractivity contribution in [3.8, 4) is 0 Å². The number of carbonyl (C=O) groups is 1. The number of fused-ring (bicyclic) bond motifs is 1. The summed E-state index contributed by atoms with van der Waals surface area (Å²) in [5.41, 5.74) is 5.02. The molecule has 1 aliphatic heterocycles. The summed E-state index contributed by atoms with van der Waals surface area (Å²) in [6.45, 7) is 3.57. The summed E-state index contributed by atoms with van der Waals surface area (Å²) in [4.78, 5) is 15.7. The van der Waals surface area contributed by atoms with E-state index >= 15 is 0 Å². The summed E-state index contributed by atoms with van der Waals surface area (Å²) in [5.74, 6) is 0.600. The molecule has 1 atom stereocenters. The topological polar surface area (TPSA) is 71.8 Å². The van der Waals surface area contributed by atoms with E-state index in [1.165, 1.54) is 12.5 Å². The number of hydrogen-bond donors (Lipinski definition) is 2. The average Bonchev–Trinajstić information content (AvgIpc) is 3.10. The molecule has 130 valence electrons. The Morgan fingerprint density at radius 1 is 1.19 bits per heavy atom. The van der Waals surface area contributed by atoms with Gasteiger partial charge >= 0.3 is 0 Å². The smallest absolute Gasteiger partial charge is 0.226 e. The number of nitrogens with one attached hydrogen (secondary N) is 2. The molecule has 0 aliphatic carbocycles. The largest absolute Gasteiger partial charge is 0.326 e. The number of aryl methyl sites for hydroxylation is 1. The molecule has 0 fully saturated rings. The monoisotopic (exact) mass is 345 g/mol. The lowest BCUT2D eigenvalue weighted by molar-refractivity contribution is -0.114. The standard InChI is InChI=1S/C20H19N5O/c1-13-6-8-15(9-7-13)19-11-18(24-20-21-12-22-25(19)20)16-4-3-5-17(10-16)23-14(2)26/h3-12,19H,1-2H3,(H,23,26)(H,21,22,24)/t19-/m0/s1. The highest BCUT2D eigenvalue weighted by Gasteiger charge is 2.23. The van der Waals surface area contributed by atoms with E-state index in [0.717, 1.165) is 22.5 Å². The number of aromatic nitrogens is 3. The average molecular weight is 345 g/mol. The molecule has 0 bridgehead atoms. The quantitative estimate of drug-likeness (QED) is 0.761. The molecule has 2 aromatic carbocycles. The van der Waals surface area contributed by atoms with Crippen molar-refractivity contribution in [1.82, 2.24) is 14.8 Å². The SMILES string of the molecule is CC(=O)Nc1cccc(C2=C[C@@H](c3ccc(C)cc3)n3ncnc3N2)c1. The van der Waals surface area contributed by atoms with Gasteiger partial charge < -0.3 is 10.6 Å². The third kappa shape index (κ3) is 3.09. The van der Waals surface area contributed by atoms with Crippen LogP contribution < -0.4 is 10.6 Å². The second-order valence-corrected chi connectivity index (χ2v) is 6.35. The molecule has 6 nitrogen and oxygen atoms in total. The Bertz CT molecular complexity index is 987. The Hall–Kier alpha value is -3.41. The van der Waals surface area contributed by atoms with E-state index in [9.17, 15) is 4.79 Å². The molecule has 1 aliphatic rings. The summed E-state index contributed by atoms with van der Waals surface area (Å²) in [6, 6.07) is 16.1. The maximum absolute atomic E-state index is 11.3. The second-order valence-electron chi connectivity index (χ2n) is 6.35. The van der Waals surface area contributed by atoms with Crippen molar-refractivity contribution in [2.24, 2.45) is 0 Å². The minimum Gasteiger partial charge on any atom is -0.326 e. The fraction of sp³-hybridized carbons (Fsp3) is 0.150. The van der Waals surface area contributed by atoms with E-state index in [0.29, 0.717) is 5.95 Å². The molecule has 3 aromatic rings. The summed E-state index contributed by atoms with van der Waals surface area (Å²) in [6.07, 6.45) is 3.67. The molecule has 4 rings (SSSR count). The Morgan fingerprint density at radius 2 is 2.00 bits per heavy atom. The first-order valence-corrected chi connectivity index (χ1v) is 8.43. The zero-order chi connectivity index (χ0) is 18.1. The molecule has 0 spiro atoms. The maximum atomic E-state index is 11.3. The van der Waals surface area contributed by atoms with E-state index in [-0.39, 0.29) is 11.9 Å². The summed E-state index contributed by atoms with van der Waals surface area (Å²) in [7, 11) is 0. The van der Waals surface area contributed by atoms with Crippen molar-refractivity contribution in [2.75, 3.05) is 10.6 Å². The Labute approximate surface area is 151 Å². The van der Waals surface area contributed by atoms with E-state index in [4.69, 9.17) is 0 Å². The lowest BCUT2D eigenvalue weighted by Crippen LogP contribution is -2.20. The highest BCUT2D eigenvalue weighted by atomic mass is 16.1. The maximum Gasteiger partial charge on any atom is 0.226 e. The van der Waals surface area contributed by atoms with Gasteiger partial charge in [-0.15, -0.1) is 0 Å². The third-order valence-electron chi connectivity index (χ3n) is 4.32. The van der Waals surface area contributed by atoms with Crippen molar-refractivity contribution in [3.05, 3.63) is 77.6 Å². The number of carbonyl (C=O) groups excluding carboxylic acids is 1. The minimum absolute atomic E-state index is 0.0474. The highest BCUT2D eigenvalue weighted by molar-refractivity contribution is 5.89. The molecule has 2 heterocycles. The van der Waals surface area contributed by atoms with Gasteiger partial charge in [-0.05, 0) is 36.3 Å². The first-order valence-electron chi connectivity index (χ1n) is 8.43. The van der Waals surface area contributed by atoms with Gasteiger partial charge in [-0.25, -0.2) is 4.68 Å². The van der Waals surface area contributed by atoms with Crippen molar-refractivity contribution < 1.29 is 4.79 Å². The van der Waals surface area contributed by atoms with Crippen LogP contribution in [-0.2, 0) is 4.79 Å². The number of hydrogen-bond acceptors (Lipinski definition) is 4. The van der Waals surface area contributed by atoms with Gasteiger partial charge in [-0.3, -0.25) is 4.79 Å². The zero-order valence-electron chi connectivity index (χ0n) is 14.6. The third-order valence-corrected chi connectivity index (χ3v) is 4.32. The molecule has 6 heteroatoms. The first-order chi connectivity index (χ1) is 12.6. The van der Waals surface area contributed by atoms with Gasteiger partial charge in [0.05, 0.1) is 0 Å². The normalized spacial score (nSPS) is 15.6. The molecule has 26 heavy (non-hydrogen) atoms. The van der Waals surface area contributed by atoms with Crippen molar-refractivity contribution >= 4 is 23.2 Å². The second kappa shape index (κ2) is 6.48. The van der Waals surface area contributed by atoms with E-state index in [1.54, 1.807) is 6.33 Å². The molecule has 1 aromatic heterocycles. The van der Waals surface area contributed by atoms with Crippen LogP contribution in [0.15, 0.2) is 60.9 Å². The van der Waals surface area contributed by atoms with Crippen LogP contribution in [0.2, 0.25) is 0 Å². The van der Waals surface area contributed by atoms with Crippen LogP contribution in [0.4, 0.5) is 11.6 Å². The van der Waals surface area contributed by atoms with Gasteiger partial charge in [0.1, 0.15) is 12.4 Å². The Kier molecular flexibility index (Phi) is 4.01. The predicted octanol–water partition coefficient (Wildman–Crippen LogP) is 3.60.